The number of ether oxygens (including phenoxy) is 2. The summed E-state index contributed by atoms with van der Waals surface area (Å²) in [6.45, 7) is 1.59. The van der Waals surface area contributed by atoms with E-state index in [2.05, 4.69) is 4.74 Å². The van der Waals surface area contributed by atoms with Gasteiger partial charge < -0.3 is 9.47 Å². The van der Waals surface area contributed by atoms with Crippen LogP contribution in [-0.4, -0.2) is 45.4 Å². The molecule has 0 aromatic heterocycles. The normalized spacial score (nSPS) is 11.0. The monoisotopic (exact) mass is 318 g/mol. The number of ketones is 1. The van der Waals surface area contributed by atoms with E-state index in [0.717, 1.165) is 6.07 Å². The first-order chi connectivity index (χ1) is 9.79. The Balaban J connectivity index is 2.81. The minimum absolute atomic E-state index is 0.0476. The largest absolute Gasteiger partial charge is 0.494 e. The van der Waals surface area contributed by atoms with Crippen LogP contribution in [0.15, 0.2) is 18.2 Å². The van der Waals surface area contributed by atoms with Gasteiger partial charge in [0.05, 0.1) is 13.7 Å². The standard InChI is InChI=1S/C13H15FO6S/c1-3-20-13(16)8-21(17,18)7-11(15)9-4-5-12(19-2)10(14)6-9/h4-6H,3,7-8H2,1-2H3. The SMILES string of the molecule is CCOC(=O)CS(=O)(=O)CC(=O)c1ccc(OC)c(F)c1. The van der Waals surface area contributed by atoms with Crippen molar-refractivity contribution < 1.29 is 31.9 Å². The summed E-state index contributed by atoms with van der Waals surface area (Å²) in [7, 11) is -2.69. The van der Waals surface area contributed by atoms with Crippen LogP contribution < -0.4 is 4.74 Å². The number of methoxy groups -OCH3 is 1. The average molecular weight is 318 g/mol. The van der Waals surface area contributed by atoms with Crippen molar-refractivity contribution >= 4 is 21.6 Å². The lowest BCUT2D eigenvalue weighted by Gasteiger charge is -2.06. The van der Waals surface area contributed by atoms with Crippen molar-refractivity contribution in [3.8, 4) is 5.75 Å². The summed E-state index contributed by atoms with van der Waals surface area (Å²) in [6.07, 6.45) is 0. The summed E-state index contributed by atoms with van der Waals surface area (Å²) in [5.74, 6) is -4.33. The molecule has 0 amide bonds. The molecular weight excluding hydrogens is 303 g/mol. The van der Waals surface area contributed by atoms with Crippen LogP contribution in [0.5, 0.6) is 5.75 Å². The second-order valence-electron chi connectivity index (χ2n) is 4.11. The number of esters is 1. The van der Waals surface area contributed by atoms with Gasteiger partial charge in [-0.05, 0) is 25.1 Å². The predicted octanol–water partition coefficient (Wildman–Crippen LogP) is 0.995. The summed E-state index contributed by atoms with van der Waals surface area (Å²) in [5, 5.41) is 0. The van der Waals surface area contributed by atoms with Crippen molar-refractivity contribution in [2.24, 2.45) is 0 Å². The van der Waals surface area contributed by atoms with Gasteiger partial charge in [0.2, 0.25) is 0 Å². The number of hydrogen-bond donors (Lipinski definition) is 0. The Bertz CT molecular complexity index is 638. The van der Waals surface area contributed by atoms with E-state index in [1.807, 2.05) is 0 Å². The molecule has 0 bridgehead atoms. The molecule has 0 spiro atoms. The fraction of sp³-hybridized carbons (Fsp3) is 0.385. The maximum Gasteiger partial charge on any atom is 0.321 e. The van der Waals surface area contributed by atoms with Crippen LogP contribution in [0.1, 0.15) is 17.3 Å². The first-order valence-electron chi connectivity index (χ1n) is 6.02. The molecule has 0 radical (unpaired) electrons. The predicted molar refractivity (Wildman–Crippen MR) is 72.6 cm³/mol. The van der Waals surface area contributed by atoms with E-state index >= 15 is 0 Å². The second kappa shape index (κ2) is 7.16. The molecule has 0 aliphatic rings. The van der Waals surface area contributed by atoms with Crippen LogP contribution in [0, 0.1) is 5.82 Å². The molecule has 21 heavy (non-hydrogen) atoms. The second-order valence-corrected chi connectivity index (χ2v) is 6.17. The molecule has 1 aromatic carbocycles. The number of benzene rings is 1. The number of sulfone groups is 1. The lowest BCUT2D eigenvalue weighted by molar-refractivity contribution is -0.139. The van der Waals surface area contributed by atoms with Crippen molar-refractivity contribution in [1.82, 2.24) is 0 Å². The van der Waals surface area contributed by atoms with Crippen LogP contribution in [0.25, 0.3) is 0 Å². The minimum atomic E-state index is -3.96. The summed E-state index contributed by atoms with van der Waals surface area (Å²) >= 11 is 0. The molecule has 0 N–H and O–H groups in total. The Labute approximate surface area is 121 Å². The Morgan fingerprint density at radius 1 is 1.24 bits per heavy atom. The van der Waals surface area contributed by atoms with E-state index in [1.165, 1.54) is 26.2 Å². The summed E-state index contributed by atoms with van der Waals surface area (Å²) < 4.78 is 46.0. The van der Waals surface area contributed by atoms with Gasteiger partial charge in [0.15, 0.2) is 27.2 Å². The topological polar surface area (TPSA) is 86.7 Å². The highest BCUT2D eigenvalue weighted by molar-refractivity contribution is 7.92. The number of Topliss-reactive ketones (excluding diaryl/α,β-unsaturated/α-hetero) is 1. The molecule has 116 valence electrons. The van der Waals surface area contributed by atoms with Gasteiger partial charge in [0.1, 0.15) is 11.5 Å². The van der Waals surface area contributed by atoms with E-state index in [-0.39, 0.29) is 17.9 Å². The molecule has 1 aromatic rings. The summed E-state index contributed by atoms with van der Waals surface area (Å²) in [6, 6.07) is 3.37. The zero-order valence-electron chi connectivity index (χ0n) is 11.6. The van der Waals surface area contributed by atoms with E-state index in [1.54, 1.807) is 0 Å². The van der Waals surface area contributed by atoms with Gasteiger partial charge in [-0.3, -0.25) is 9.59 Å². The maximum absolute atomic E-state index is 13.5. The van der Waals surface area contributed by atoms with Crippen LogP contribution in [-0.2, 0) is 19.4 Å². The highest BCUT2D eigenvalue weighted by Gasteiger charge is 2.23. The molecule has 0 atom stereocenters. The highest BCUT2D eigenvalue weighted by atomic mass is 32.2. The Hall–Kier alpha value is -1.96. The molecule has 0 heterocycles. The fourth-order valence-corrected chi connectivity index (χ4v) is 2.67. The highest BCUT2D eigenvalue weighted by Crippen LogP contribution is 2.18. The Morgan fingerprint density at radius 2 is 1.90 bits per heavy atom. The van der Waals surface area contributed by atoms with Crippen molar-refractivity contribution in [2.75, 3.05) is 25.2 Å². The average Bonchev–Trinajstić information content (AvgIpc) is 2.37. The lowest BCUT2D eigenvalue weighted by atomic mass is 10.1. The zero-order valence-corrected chi connectivity index (χ0v) is 12.4. The summed E-state index contributed by atoms with van der Waals surface area (Å²) in [4.78, 5) is 22.9. The van der Waals surface area contributed by atoms with E-state index < -0.39 is 38.9 Å². The van der Waals surface area contributed by atoms with Crippen LogP contribution in [0.2, 0.25) is 0 Å². The third-order valence-electron chi connectivity index (χ3n) is 2.47. The van der Waals surface area contributed by atoms with Crippen LogP contribution in [0.3, 0.4) is 0 Å². The smallest absolute Gasteiger partial charge is 0.321 e. The molecule has 8 heteroatoms. The van der Waals surface area contributed by atoms with Crippen molar-refractivity contribution in [3.63, 3.8) is 0 Å². The molecule has 0 saturated heterocycles. The van der Waals surface area contributed by atoms with Crippen molar-refractivity contribution in [1.29, 1.82) is 0 Å². The van der Waals surface area contributed by atoms with Crippen LogP contribution in [0.4, 0.5) is 4.39 Å². The van der Waals surface area contributed by atoms with Gasteiger partial charge in [0.25, 0.3) is 0 Å². The van der Waals surface area contributed by atoms with Gasteiger partial charge in [-0.2, -0.15) is 0 Å². The Kier molecular flexibility index (Phi) is 5.83. The molecule has 0 fully saturated rings. The third kappa shape index (κ3) is 5.14. The molecule has 0 unspecified atom stereocenters. The maximum atomic E-state index is 13.5. The number of carbonyl (C=O) groups excluding carboxylic acids is 2. The number of rotatable bonds is 7. The van der Waals surface area contributed by atoms with E-state index in [9.17, 15) is 22.4 Å². The number of carbonyl (C=O) groups is 2. The third-order valence-corrected chi connectivity index (χ3v) is 3.85. The number of halogens is 1. The van der Waals surface area contributed by atoms with Gasteiger partial charge in [0, 0.05) is 5.56 Å². The molecule has 0 aliphatic heterocycles. The molecule has 6 nitrogen and oxygen atoms in total. The van der Waals surface area contributed by atoms with Gasteiger partial charge in [-0.25, -0.2) is 12.8 Å². The zero-order chi connectivity index (χ0) is 16.0. The lowest BCUT2D eigenvalue weighted by Crippen LogP contribution is -2.25. The van der Waals surface area contributed by atoms with Crippen LogP contribution >= 0.6 is 0 Å². The quantitative estimate of drug-likeness (QED) is 0.550. The van der Waals surface area contributed by atoms with E-state index in [4.69, 9.17) is 4.74 Å². The summed E-state index contributed by atoms with van der Waals surface area (Å²) in [5.41, 5.74) is -0.110. The van der Waals surface area contributed by atoms with Crippen molar-refractivity contribution in [2.45, 2.75) is 6.92 Å². The first-order valence-corrected chi connectivity index (χ1v) is 7.84. The van der Waals surface area contributed by atoms with E-state index in [0.29, 0.717) is 0 Å². The first kappa shape index (κ1) is 17.1. The fourth-order valence-electron chi connectivity index (χ4n) is 1.56. The van der Waals surface area contributed by atoms with Gasteiger partial charge in [-0.15, -0.1) is 0 Å². The minimum Gasteiger partial charge on any atom is -0.494 e. The molecule has 0 aliphatic carbocycles. The molecule has 1 rings (SSSR count). The molecular formula is C13H15FO6S. The van der Waals surface area contributed by atoms with Gasteiger partial charge in [-0.1, -0.05) is 0 Å². The van der Waals surface area contributed by atoms with Crippen molar-refractivity contribution in [3.05, 3.63) is 29.6 Å². The number of hydrogen-bond acceptors (Lipinski definition) is 6. The van der Waals surface area contributed by atoms with Gasteiger partial charge >= 0.3 is 5.97 Å². The Morgan fingerprint density at radius 3 is 2.43 bits per heavy atom. The molecule has 0 saturated carbocycles.